The number of carbonyl (C=O) groups is 1. The maximum absolute atomic E-state index is 12.4. The predicted molar refractivity (Wildman–Crippen MR) is 104 cm³/mol. The minimum absolute atomic E-state index is 0.0605. The highest BCUT2D eigenvalue weighted by molar-refractivity contribution is 7.89. The van der Waals surface area contributed by atoms with Crippen molar-refractivity contribution >= 4 is 21.6 Å². The van der Waals surface area contributed by atoms with E-state index in [0.717, 1.165) is 5.56 Å². The van der Waals surface area contributed by atoms with E-state index in [1.165, 1.54) is 26.0 Å². The quantitative estimate of drug-likeness (QED) is 0.745. The number of amides is 1. The number of nitrogens with zero attached hydrogens (tertiary/aromatic N) is 1. The Kier molecular flexibility index (Phi) is 6.81. The van der Waals surface area contributed by atoms with Gasteiger partial charge in [0.25, 0.3) is 0 Å². The summed E-state index contributed by atoms with van der Waals surface area (Å²) in [4.78, 5) is 13.7. The first-order valence-corrected chi connectivity index (χ1v) is 9.83. The molecular formula is C19H24N2O5S. The number of carbonyl (C=O) groups excluding carboxylic acids is 1. The first-order valence-electron chi connectivity index (χ1n) is 8.35. The van der Waals surface area contributed by atoms with Crippen LogP contribution in [0.15, 0.2) is 47.4 Å². The van der Waals surface area contributed by atoms with Crippen LogP contribution in [-0.4, -0.2) is 41.6 Å². The molecule has 0 radical (unpaired) electrons. The normalized spacial score (nSPS) is 11.1. The molecular weight excluding hydrogens is 368 g/mol. The molecule has 0 spiro atoms. The Hall–Kier alpha value is -2.58. The molecule has 146 valence electrons. The van der Waals surface area contributed by atoms with Gasteiger partial charge in [-0.2, -0.15) is 0 Å². The fraction of sp³-hybridized carbons (Fsp3) is 0.316. The highest BCUT2D eigenvalue weighted by atomic mass is 32.2. The lowest BCUT2D eigenvalue weighted by Crippen LogP contribution is -2.37. The number of nitrogens with one attached hydrogen (secondary N) is 1. The molecule has 1 amide bonds. The lowest BCUT2D eigenvalue weighted by atomic mass is 10.2. The Labute approximate surface area is 160 Å². The number of ether oxygens (including phenoxy) is 2. The molecule has 27 heavy (non-hydrogen) atoms. The second-order valence-corrected chi connectivity index (χ2v) is 7.69. The zero-order chi connectivity index (χ0) is 20.0. The van der Waals surface area contributed by atoms with Gasteiger partial charge in [0.1, 0.15) is 11.5 Å². The fourth-order valence-electron chi connectivity index (χ4n) is 2.55. The van der Waals surface area contributed by atoms with Crippen molar-refractivity contribution in [2.24, 2.45) is 0 Å². The van der Waals surface area contributed by atoms with Gasteiger partial charge in [-0.1, -0.05) is 17.7 Å². The lowest BCUT2D eigenvalue weighted by Gasteiger charge is -2.23. The molecule has 2 rings (SSSR count). The van der Waals surface area contributed by atoms with Crippen LogP contribution in [0.25, 0.3) is 0 Å². The summed E-state index contributed by atoms with van der Waals surface area (Å²) in [6.07, 6.45) is 0. The van der Waals surface area contributed by atoms with Gasteiger partial charge in [-0.3, -0.25) is 4.79 Å². The van der Waals surface area contributed by atoms with Gasteiger partial charge in [0.05, 0.1) is 24.8 Å². The van der Waals surface area contributed by atoms with Crippen molar-refractivity contribution in [3.8, 4) is 11.5 Å². The smallest absolute Gasteiger partial charge is 0.240 e. The van der Waals surface area contributed by atoms with Crippen LogP contribution in [0.3, 0.4) is 0 Å². The van der Waals surface area contributed by atoms with E-state index in [-0.39, 0.29) is 23.9 Å². The van der Waals surface area contributed by atoms with Gasteiger partial charge in [-0.05, 0) is 31.2 Å². The Morgan fingerprint density at radius 1 is 1.07 bits per heavy atom. The van der Waals surface area contributed by atoms with Crippen LogP contribution in [0.2, 0.25) is 0 Å². The lowest BCUT2D eigenvalue weighted by molar-refractivity contribution is -0.116. The van der Waals surface area contributed by atoms with E-state index in [4.69, 9.17) is 9.47 Å². The number of rotatable bonds is 8. The van der Waals surface area contributed by atoms with Crippen molar-refractivity contribution in [1.82, 2.24) is 4.72 Å². The van der Waals surface area contributed by atoms with Crippen LogP contribution < -0.4 is 19.1 Å². The summed E-state index contributed by atoms with van der Waals surface area (Å²) >= 11 is 0. The fourth-order valence-corrected chi connectivity index (χ4v) is 3.57. The van der Waals surface area contributed by atoms with Crippen molar-refractivity contribution in [3.05, 3.63) is 48.0 Å². The topological polar surface area (TPSA) is 84.9 Å². The van der Waals surface area contributed by atoms with Crippen LogP contribution >= 0.6 is 0 Å². The van der Waals surface area contributed by atoms with Crippen molar-refractivity contribution in [2.45, 2.75) is 18.7 Å². The molecule has 0 aliphatic rings. The molecule has 0 saturated carbocycles. The number of hydrogen-bond donors (Lipinski definition) is 1. The van der Waals surface area contributed by atoms with Gasteiger partial charge >= 0.3 is 0 Å². The average Bonchev–Trinajstić information content (AvgIpc) is 2.65. The average molecular weight is 392 g/mol. The van der Waals surface area contributed by atoms with E-state index in [0.29, 0.717) is 17.2 Å². The first-order chi connectivity index (χ1) is 12.8. The molecule has 0 fully saturated rings. The predicted octanol–water partition coefficient (Wildman–Crippen LogP) is 2.34. The molecule has 0 aliphatic carbocycles. The Morgan fingerprint density at radius 2 is 1.74 bits per heavy atom. The molecule has 0 atom stereocenters. The SMILES string of the molecule is COc1ccc(N(CCNS(=O)(=O)c2ccc(C)cc2)C(C)=O)c(OC)c1. The summed E-state index contributed by atoms with van der Waals surface area (Å²) in [6, 6.07) is 11.6. The van der Waals surface area contributed by atoms with E-state index in [2.05, 4.69) is 4.72 Å². The Morgan fingerprint density at radius 3 is 2.30 bits per heavy atom. The van der Waals surface area contributed by atoms with Gasteiger partial charge in [-0.25, -0.2) is 13.1 Å². The van der Waals surface area contributed by atoms with E-state index >= 15 is 0 Å². The third kappa shape index (κ3) is 5.21. The molecule has 7 nitrogen and oxygen atoms in total. The summed E-state index contributed by atoms with van der Waals surface area (Å²) < 4.78 is 37.8. The monoisotopic (exact) mass is 392 g/mol. The molecule has 1 N–H and O–H groups in total. The van der Waals surface area contributed by atoms with E-state index in [1.54, 1.807) is 42.5 Å². The summed E-state index contributed by atoms with van der Waals surface area (Å²) in [6.45, 7) is 3.52. The first kappa shape index (κ1) is 20.7. The van der Waals surface area contributed by atoms with E-state index in [9.17, 15) is 13.2 Å². The van der Waals surface area contributed by atoms with Gasteiger partial charge in [-0.15, -0.1) is 0 Å². The van der Waals surface area contributed by atoms with Crippen LogP contribution in [0.4, 0.5) is 5.69 Å². The molecule has 2 aromatic carbocycles. The van der Waals surface area contributed by atoms with Gasteiger partial charge in [0.2, 0.25) is 15.9 Å². The highest BCUT2D eigenvalue weighted by Gasteiger charge is 2.19. The van der Waals surface area contributed by atoms with Crippen LogP contribution in [-0.2, 0) is 14.8 Å². The van der Waals surface area contributed by atoms with E-state index in [1.807, 2.05) is 6.92 Å². The summed E-state index contributed by atoms with van der Waals surface area (Å²) in [5, 5.41) is 0. The number of methoxy groups -OCH3 is 2. The second kappa shape index (κ2) is 8.88. The number of aryl methyl sites for hydroxylation is 1. The molecule has 0 unspecified atom stereocenters. The van der Waals surface area contributed by atoms with Gasteiger partial charge in [0.15, 0.2) is 0 Å². The molecule has 0 aromatic heterocycles. The van der Waals surface area contributed by atoms with Crippen molar-refractivity contribution < 1.29 is 22.7 Å². The van der Waals surface area contributed by atoms with Crippen molar-refractivity contribution in [1.29, 1.82) is 0 Å². The van der Waals surface area contributed by atoms with Crippen LogP contribution in [0.5, 0.6) is 11.5 Å². The molecule has 8 heteroatoms. The van der Waals surface area contributed by atoms with Crippen LogP contribution in [0, 0.1) is 6.92 Å². The third-order valence-corrected chi connectivity index (χ3v) is 5.49. The Bertz CT molecular complexity index is 895. The number of benzene rings is 2. The second-order valence-electron chi connectivity index (χ2n) is 5.92. The van der Waals surface area contributed by atoms with Crippen LogP contribution in [0.1, 0.15) is 12.5 Å². The third-order valence-electron chi connectivity index (χ3n) is 4.02. The Balaban J connectivity index is 2.14. The molecule has 0 saturated heterocycles. The number of hydrogen-bond acceptors (Lipinski definition) is 5. The minimum atomic E-state index is -3.65. The zero-order valence-electron chi connectivity index (χ0n) is 15.9. The molecule has 2 aromatic rings. The molecule has 0 aliphatic heterocycles. The summed E-state index contributed by atoms with van der Waals surface area (Å²) in [5.41, 5.74) is 1.52. The summed E-state index contributed by atoms with van der Waals surface area (Å²) in [5.74, 6) is 0.832. The summed E-state index contributed by atoms with van der Waals surface area (Å²) in [7, 11) is -0.611. The largest absolute Gasteiger partial charge is 0.497 e. The van der Waals surface area contributed by atoms with Crippen molar-refractivity contribution in [2.75, 3.05) is 32.2 Å². The van der Waals surface area contributed by atoms with Crippen molar-refractivity contribution in [3.63, 3.8) is 0 Å². The number of anilines is 1. The minimum Gasteiger partial charge on any atom is -0.497 e. The maximum Gasteiger partial charge on any atom is 0.240 e. The molecule has 0 heterocycles. The molecule has 0 bridgehead atoms. The van der Waals surface area contributed by atoms with E-state index < -0.39 is 10.0 Å². The standard InChI is InChI=1S/C19H24N2O5S/c1-14-5-8-17(9-6-14)27(23,24)20-11-12-21(15(2)22)18-10-7-16(25-3)13-19(18)26-4/h5-10,13,20H,11-12H2,1-4H3. The van der Waals surface area contributed by atoms with Gasteiger partial charge in [0, 0.05) is 26.1 Å². The zero-order valence-corrected chi connectivity index (χ0v) is 16.7. The van der Waals surface area contributed by atoms with Gasteiger partial charge < -0.3 is 14.4 Å². The highest BCUT2D eigenvalue weighted by Crippen LogP contribution is 2.32. The maximum atomic E-state index is 12.4. The number of sulfonamides is 1.